The highest BCUT2D eigenvalue weighted by Crippen LogP contribution is 2.34. The zero-order valence-corrected chi connectivity index (χ0v) is 9.87. The molecule has 6 heteroatoms. The van der Waals surface area contributed by atoms with Crippen molar-refractivity contribution in [2.75, 3.05) is 19.1 Å². The van der Waals surface area contributed by atoms with Gasteiger partial charge in [0.1, 0.15) is 0 Å². The van der Waals surface area contributed by atoms with Gasteiger partial charge in [-0.25, -0.2) is 4.79 Å². The number of anilines is 1. The third-order valence-corrected chi connectivity index (χ3v) is 2.88. The summed E-state index contributed by atoms with van der Waals surface area (Å²) in [5.41, 5.74) is 0.658. The van der Waals surface area contributed by atoms with E-state index in [1.165, 1.54) is 26.3 Å². The van der Waals surface area contributed by atoms with Crippen molar-refractivity contribution in [2.24, 2.45) is 0 Å². The van der Waals surface area contributed by atoms with E-state index in [0.717, 1.165) is 4.90 Å². The van der Waals surface area contributed by atoms with Gasteiger partial charge in [-0.05, 0) is 12.1 Å². The van der Waals surface area contributed by atoms with E-state index in [2.05, 4.69) is 4.74 Å². The Morgan fingerprint density at radius 2 is 2.00 bits per heavy atom. The molecule has 0 saturated carbocycles. The molecule has 1 aliphatic heterocycles. The molecule has 0 atom stereocenters. The Hall–Kier alpha value is -1.88. The van der Waals surface area contributed by atoms with Gasteiger partial charge in [0.2, 0.25) is 0 Å². The number of nitrogens with zero attached hydrogens (tertiary/aromatic N) is 1. The molecule has 88 valence electrons. The second-order valence-corrected chi connectivity index (χ2v) is 3.94. The molecule has 0 N–H and O–H groups in total. The Kier molecular flexibility index (Phi) is 2.63. The first-order chi connectivity index (χ1) is 7.97. The molecule has 1 aliphatic rings. The monoisotopic (exact) mass is 253 g/mol. The lowest BCUT2D eigenvalue weighted by molar-refractivity contribution is -0.114. The molecule has 1 aromatic rings. The van der Waals surface area contributed by atoms with Crippen molar-refractivity contribution in [1.29, 1.82) is 0 Å². The number of ether oxygens (including phenoxy) is 1. The maximum atomic E-state index is 11.6. The molecule has 1 aromatic carbocycles. The summed E-state index contributed by atoms with van der Waals surface area (Å²) in [7, 11) is 2.69. The number of benzene rings is 1. The van der Waals surface area contributed by atoms with Crippen molar-refractivity contribution in [2.45, 2.75) is 0 Å². The summed E-state index contributed by atoms with van der Waals surface area (Å²) >= 11 is 5.89. The quantitative estimate of drug-likeness (QED) is 0.559. The molecule has 1 heterocycles. The zero-order valence-electron chi connectivity index (χ0n) is 9.11. The van der Waals surface area contributed by atoms with Gasteiger partial charge < -0.3 is 9.64 Å². The number of rotatable bonds is 1. The lowest BCUT2D eigenvalue weighted by Gasteiger charge is -2.10. The highest BCUT2D eigenvalue weighted by molar-refractivity contribution is 6.55. The van der Waals surface area contributed by atoms with Gasteiger partial charge in [0.15, 0.2) is 0 Å². The summed E-state index contributed by atoms with van der Waals surface area (Å²) in [6.45, 7) is 0. The van der Waals surface area contributed by atoms with E-state index in [4.69, 9.17) is 11.6 Å². The van der Waals surface area contributed by atoms with Crippen LogP contribution in [0.3, 0.4) is 0 Å². The topological polar surface area (TPSA) is 63.7 Å². The second-order valence-electron chi connectivity index (χ2n) is 3.54. The van der Waals surface area contributed by atoms with Gasteiger partial charge in [0, 0.05) is 7.05 Å². The van der Waals surface area contributed by atoms with Gasteiger partial charge in [0.05, 0.1) is 28.9 Å². The van der Waals surface area contributed by atoms with Gasteiger partial charge in [0.25, 0.3) is 11.7 Å². The average molecular weight is 254 g/mol. The molecule has 17 heavy (non-hydrogen) atoms. The number of carbonyl (C=O) groups excluding carboxylic acids is 3. The molecule has 0 aromatic heterocycles. The molecule has 0 bridgehead atoms. The van der Waals surface area contributed by atoms with Crippen LogP contribution < -0.4 is 4.90 Å². The Bertz CT molecular complexity index is 553. The number of methoxy groups -OCH3 is 1. The minimum absolute atomic E-state index is 0.0746. The minimum atomic E-state index is -0.663. The molecule has 0 spiro atoms. The van der Waals surface area contributed by atoms with Crippen LogP contribution in [0.2, 0.25) is 5.02 Å². The summed E-state index contributed by atoms with van der Waals surface area (Å²) in [6.07, 6.45) is 0. The van der Waals surface area contributed by atoms with Gasteiger partial charge in [-0.1, -0.05) is 11.6 Å². The number of esters is 1. The molecular weight excluding hydrogens is 246 g/mol. The fourth-order valence-corrected chi connectivity index (χ4v) is 1.99. The zero-order chi connectivity index (χ0) is 12.7. The number of Topliss-reactive ketones (excluding diaryl/α,β-unsaturated/α-hetero) is 1. The predicted octanol–water partition coefficient (Wildman–Crippen LogP) is 1.29. The second kappa shape index (κ2) is 3.85. The van der Waals surface area contributed by atoms with Crippen molar-refractivity contribution in [1.82, 2.24) is 0 Å². The van der Waals surface area contributed by atoms with Gasteiger partial charge in [-0.15, -0.1) is 0 Å². The third kappa shape index (κ3) is 1.59. The number of likely N-dealkylation sites (N-methyl/N-ethyl adjacent to an activating group) is 1. The number of fused-ring (bicyclic) bond motifs is 1. The average Bonchev–Trinajstić information content (AvgIpc) is 2.53. The molecule has 0 radical (unpaired) electrons. The SMILES string of the molecule is COC(=O)c1cc(Cl)c2c(c1)N(C)C(=O)C2=O. The summed E-state index contributed by atoms with van der Waals surface area (Å²) in [5.74, 6) is -1.90. The highest BCUT2D eigenvalue weighted by atomic mass is 35.5. The molecule has 0 aliphatic carbocycles. The Morgan fingerprint density at radius 1 is 1.35 bits per heavy atom. The Morgan fingerprint density at radius 3 is 2.59 bits per heavy atom. The van der Waals surface area contributed by atoms with Crippen LogP contribution in [0.4, 0.5) is 5.69 Å². The molecule has 0 saturated heterocycles. The van der Waals surface area contributed by atoms with Crippen LogP contribution in [0, 0.1) is 0 Å². The van der Waals surface area contributed by atoms with Crippen molar-refractivity contribution in [3.63, 3.8) is 0 Å². The molecule has 5 nitrogen and oxygen atoms in total. The van der Waals surface area contributed by atoms with Crippen molar-refractivity contribution in [3.8, 4) is 0 Å². The summed E-state index contributed by atoms with van der Waals surface area (Å²) in [4.78, 5) is 35.6. The van der Waals surface area contributed by atoms with E-state index < -0.39 is 17.7 Å². The van der Waals surface area contributed by atoms with E-state index in [1.807, 2.05) is 0 Å². The van der Waals surface area contributed by atoms with Crippen LogP contribution in [-0.4, -0.2) is 31.8 Å². The fourth-order valence-electron chi connectivity index (χ4n) is 1.69. The number of halogens is 1. The summed E-state index contributed by atoms with van der Waals surface area (Å²) in [5, 5.41) is 0.0746. The fraction of sp³-hybridized carbons (Fsp3) is 0.182. The molecule has 0 fully saturated rings. The van der Waals surface area contributed by atoms with E-state index in [1.54, 1.807) is 0 Å². The van der Waals surface area contributed by atoms with Crippen LogP contribution in [0.1, 0.15) is 20.7 Å². The number of amides is 1. The lowest BCUT2D eigenvalue weighted by Crippen LogP contribution is -2.24. The first kappa shape index (κ1) is 11.6. The number of hydrogen-bond donors (Lipinski definition) is 0. The molecule has 2 rings (SSSR count). The number of ketones is 1. The van der Waals surface area contributed by atoms with E-state index >= 15 is 0 Å². The maximum Gasteiger partial charge on any atom is 0.337 e. The first-order valence-corrected chi connectivity index (χ1v) is 5.09. The highest BCUT2D eigenvalue weighted by Gasteiger charge is 2.36. The summed E-state index contributed by atoms with van der Waals surface area (Å²) < 4.78 is 4.55. The Labute approximate surface area is 102 Å². The Balaban J connectivity index is 2.64. The van der Waals surface area contributed by atoms with Gasteiger partial charge in [-0.3, -0.25) is 9.59 Å². The maximum absolute atomic E-state index is 11.6. The predicted molar refractivity (Wildman–Crippen MR) is 60.5 cm³/mol. The first-order valence-electron chi connectivity index (χ1n) is 4.71. The van der Waals surface area contributed by atoms with Crippen molar-refractivity contribution < 1.29 is 19.1 Å². The van der Waals surface area contributed by atoms with Crippen LogP contribution >= 0.6 is 11.6 Å². The summed E-state index contributed by atoms with van der Waals surface area (Å²) in [6, 6.07) is 2.73. The minimum Gasteiger partial charge on any atom is -0.465 e. The van der Waals surface area contributed by atoms with Crippen LogP contribution in [0.15, 0.2) is 12.1 Å². The number of carbonyl (C=O) groups is 3. The van der Waals surface area contributed by atoms with Crippen LogP contribution in [-0.2, 0) is 9.53 Å². The third-order valence-electron chi connectivity index (χ3n) is 2.58. The molecule has 0 unspecified atom stereocenters. The van der Waals surface area contributed by atoms with E-state index in [9.17, 15) is 14.4 Å². The largest absolute Gasteiger partial charge is 0.465 e. The van der Waals surface area contributed by atoms with Crippen molar-refractivity contribution >= 4 is 34.9 Å². The standard InChI is InChI=1S/C11H8ClNO4/c1-13-7-4-5(11(16)17-2)3-6(12)8(7)9(14)10(13)15/h3-4H,1-2H3. The van der Waals surface area contributed by atoms with Crippen LogP contribution in [0.25, 0.3) is 0 Å². The normalized spacial score (nSPS) is 13.9. The smallest absolute Gasteiger partial charge is 0.337 e. The van der Waals surface area contributed by atoms with E-state index in [0.29, 0.717) is 5.69 Å². The number of hydrogen-bond acceptors (Lipinski definition) is 4. The van der Waals surface area contributed by atoms with Crippen molar-refractivity contribution in [3.05, 3.63) is 28.3 Å². The molecule has 1 amide bonds. The van der Waals surface area contributed by atoms with Crippen LogP contribution in [0.5, 0.6) is 0 Å². The van der Waals surface area contributed by atoms with E-state index in [-0.39, 0.29) is 16.1 Å². The van der Waals surface area contributed by atoms with Gasteiger partial charge >= 0.3 is 5.97 Å². The van der Waals surface area contributed by atoms with Gasteiger partial charge in [-0.2, -0.15) is 0 Å². The lowest BCUT2D eigenvalue weighted by atomic mass is 10.1. The molecular formula is C11H8ClNO4.